The number of halogens is 2. The quantitative estimate of drug-likeness (QED) is 0.766. The number of hydrogen-bond donors (Lipinski definition) is 3. The Morgan fingerprint density at radius 1 is 1.17 bits per heavy atom. The molecule has 2 aliphatic carbocycles. The topological polar surface area (TPSA) is 86.6 Å². The van der Waals surface area contributed by atoms with Gasteiger partial charge in [-0.15, -0.1) is 0 Å². The normalized spacial score (nSPS) is 29.5. The minimum Gasteiger partial charge on any atom is -0.481 e. The van der Waals surface area contributed by atoms with Gasteiger partial charge in [0.15, 0.2) is 0 Å². The molecule has 130 valence electrons. The van der Waals surface area contributed by atoms with Gasteiger partial charge in [0.2, 0.25) is 5.91 Å². The maximum absolute atomic E-state index is 13.8. The zero-order chi connectivity index (χ0) is 17.5. The molecule has 0 saturated heterocycles. The first kappa shape index (κ1) is 16.8. The molecule has 1 amide bonds. The summed E-state index contributed by atoms with van der Waals surface area (Å²) in [6.07, 6.45) is 2.33. The fraction of sp³-hybridized carbons (Fsp3) is 0.529. The van der Waals surface area contributed by atoms with Crippen LogP contribution in [0.15, 0.2) is 18.2 Å². The zero-order valence-electron chi connectivity index (χ0n) is 13.0. The van der Waals surface area contributed by atoms with Gasteiger partial charge in [-0.05, 0) is 43.2 Å². The van der Waals surface area contributed by atoms with Crippen molar-refractivity contribution in [2.24, 2.45) is 17.3 Å². The smallest absolute Gasteiger partial charge is 0.306 e. The van der Waals surface area contributed by atoms with Crippen LogP contribution in [-0.4, -0.2) is 28.7 Å². The van der Waals surface area contributed by atoms with Crippen molar-refractivity contribution in [3.63, 3.8) is 0 Å². The number of carbonyl (C=O) groups is 2. The average Bonchev–Trinajstić information content (AvgIpc) is 2.42. The third-order valence-corrected chi connectivity index (χ3v) is 5.28. The number of aliphatic hydroxyl groups is 1. The number of benzene rings is 1. The Hall–Kier alpha value is -2.02. The van der Waals surface area contributed by atoms with E-state index < -0.39 is 30.3 Å². The summed E-state index contributed by atoms with van der Waals surface area (Å²) in [6, 6.07) is 2.23. The van der Waals surface area contributed by atoms with Gasteiger partial charge in [-0.2, -0.15) is 0 Å². The fourth-order valence-electron chi connectivity index (χ4n) is 4.01. The number of aliphatic hydroxyl groups excluding tert-OH is 1. The Morgan fingerprint density at radius 2 is 1.71 bits per heavy atom. The molecule has 0 heterocycles. The summed E-state index contributed by atoms with van der Waals surface area (Å²) >= 11 is 0. The lowest BCUT2D eigenvalue weighted by molar-refractivity contribution is -0.161. The summed E-state index contributed by atoms with van der Waals surface area (Å²) in [4.78, 5) is 23.1. The standard InChI is InChI=1S/C17H19F2NO4/c18-11-2-1-3-12(19)14(11)13(8-21)20-15(22)9-4-17(5-9)6-10(7-17)16(23)24/h1-3,9-10,13,21H,4-8H2,(H,20,22)(H,23,24). The Kier molecular flexibility index (Phi) is 4.29. The highest BCUT2D eigenvalue weighted by Gasteiger charge is 2.56. The third kappa shape index (κ3) is 2.88. The number of carboxylic acids is 1. The number of rotatable bonds is 5. The lowest BCUT2D eigenvalue weighted by Gasteiger charge is -2.56. The van der Waals surface area contributed by atoms with E-state index in [0.29, 0.717) is 25.7 Å². The summed E-state index contributed by atoms with van der Waals surface area (Å²) in [7, 11) is 0. The molecule has 7 heteroatoms. The van der Waals surface area contributed by atoms with Gasteiger partial charge < -0.3 is 15.5 Å². The maximum atomic E-state index is 13.8. The third-order valence-electron chi connectivity index (χ3n) is 5.28. The van der Waals surface area contributed by atoms with Crippen LogP contribution in [0.4, 0.5) is 8.78 Å². The molecule has 1 aromatic rings. The molecule has 1 unspecified atom stereocenters. The highest BCUT2D eigenvalue weighted by atomic mass is 19.1. The average molecular weight is 339 g/mol. The minimum absolute atomic E-state index is 0.0664. The summed E-state index contributed by atoms with van der Waals surface area (Å²) in [5, 5.41) is 20.8. The predicted octanol–water partition coefficient (Wildman–Crippen LogP) is 2.01. The zero-order valence-corrected chi connectivity index (χ0v) is 13.0. The maximum Gasteiger partial charge on any atom is 0.306 e. The second-order valence-electron chi connectivity index (χ2n) is 6.93. The monoisotopic (exact) mass is 339 g/mol. The van der Waals surface area contributed by atoms with Crippen molar-refractivity contribution in [1.29, 1.82) is 0 Å². The molecule has 24 heavy (non-hydrogen) atoms. The van der Waals surface area contributed by atoms with Gasteiger partial charge >= 0.3 is 5.97 Å². The number of hydrogen-bond acceptors (Lipinski definition) is 3. The second kappa shape index (κ2) is 6.12. The molecule has 0 aliphatic heterocycles. The molecule has 0 aromatic heterocycles. The number of amides is 1. The van der Waals surface area contributed by atoms with Crippen molar-refractivity contribution < 1.29 is 28.6 Å². The number of nitrogens with one attached hydrogen (secondary N) is 1. The van der Waals surface area contributed by atoms with Crippen molar-refractivity contribution >= 4 is 11.9 Å². The SMILES string of the molecule is O=C(O)C1CC2(C1)CC(C(=O)NC(CO)c1c(F)cccc1F)C2. The van der Waals surface area contributed by atoms with Crippen LogP contribution in [0, 0.1) is 28.9 Å². The van der Waals surface area contributed by atoms with E-state index in [2.05, 4.69) is 5.32 Å². The van der Waals surface area contributed by atoms with E-state index in [1.807, 2.05) is 0 Å². The predicted molar refractivity (Wildman–Crippen MR) is 79.8 cm³/mol. The van der Waals surface area contributed by atoms with Crippen LogP contribution in [0.3, 0.4) is 0 Å². The van der Waals surface area contributed by atoms with Crippen LogP contribution in [0.25, 0.3) is 0 Å². The van der Waals surface area contributed by atoms with E-state index in [1.165, 1.54) is 6.07 Å². The number of aliphatic carboxylic acids is 1. The van der Waals surface area contributed by atoms with Crippen molar-refractivity contribution in [3.05, 3.63) is 35.4 Å². The van der Waals surface area contributed by atoms with Gasteiger partial charge in [-0.1, -0.05) is 6.07 Å². The van der Waals surface area contributed by atoms with E-state index in [1.54, 1.807) is 0 Å². The number of carboxylic acid groups (broad SMARTS) is 1. The van der Waals surface area contributed by atoms with E-state index in [9.17, 15) is 23.5 Å². The van der Waals surface area contributed by atoms with Crippen LogP contribution >= 0.6 is 0 Å². The van der Waals surface area contributed by atoms with Gasteiger partial charge in [0.1, 0.15) is 11.6 Å². The second-order valence-corrected chi connectivity index (χ2v) is 6.93. The summed E-state index contributed by atoms with van der Waals surface area (Å²) in [5.74, 6) is -3.43. The lowest BCUT2D eigenvalue weighted by Crippen LogP contribution is -2.54. The van der Waals surface area contributed by atoms with Crippen LogP contribution in [-0.2, 0) is 9.59 Å². The van der Waals surface area contributed by atoms with Gasteiger partial charge in [0.25, 0.3) is 0 Å². The van der Waals surface area contributed by atoms with Gasteiger partial charge in [0.05, 0.1) is 18.6 Å². The number of carbonyl (C=O) groups excluding carboxylic acids is 1. The highest BCUT2D eigenvalue weighted by Crippen LogP contribution is 2.61. The molecule has 2 fully saturated rings. The molecular weight excluding hydrogens is 320 g/mol. The summed E-state index contributed by atoms with van der Waals surface area (Å²) < 4.78 is 27.6. The van der Waals surface area contributed by atoms with Crippen LogP contribution in [0.5, 0.6) is 0 Å². The van der Waals surface area contributed by atoms with Crippen LogP contribution < -0.4 is 5.32 Å². The Bertz CT molecular complexity index is 644. The molecule has 0 radical (unpaired) electrons. The van der Waals surface area contributed by atoms with Crippen molar-refractivity contribution in [2.75, 3.05) is 6.61 Å². The first-order valence-corrected chi connectivity index (χ1v) is 7.93. The van der Waals surface area contributed by atoms with E-state index in [-0.39, 0.29) is 28.7 Å². The molecular formula is C17H19F2NO4. The lowest BCUT2D eigenvalue weighted by atomic mass is 9.48. The summed E-state index contributed by atoms with van der Waals surface area (Å²) in [6.45, 7) is -0.609. The first-order chi connectivity index (χ1) is 11.3. The Morgan fingerprint density at radius 3 is 2.21 bits per heavy atom. The molecule has 1 atom stereocenters. The minimum atomic E-state index is -1.14. The van der Waals surface area contributed by atoms with Gasteiger partial charge in [-0.3, -0.25) is 9.59 Å². The molecule has 1 aromatic carbocycles. The molecule has 2 aliphatic rings. The summed E-state index contributed by atoms with van der Waals surface area (Å²) in [5.41, 5.74) is -0.416. The largest absolute Gasteiger partial charge is 0.481 e. The molecule has 5 nitrogen and oxygen atoms in total. The highest BCUT2D eigenvalue weighted by molar-refractivity contribution is 5.81. The molecule has 3 N–H and O–H groups in total. The van der Waals surface area contributed by atoms with E-state index >= 15 is 0 Å². The molecule has 3 rings (SSSR count). The molecule has 2 saturated carbocycles. The van der Waals surface area contributed by atoms with E-state index in [0.717, 1.165) is 12.1 Å². The van der Waals surface area contributed by atoms with Crippen molar-refractivity contribution in [3.8, 4) is 0 Å². The van der Waals surface area contributed by atoms with Crippen molar-refractivity contribution in [1.82, 2.24) is 5.32 Å². The van der Waals surface area contributed by atoms with Crippen molar-refractivity contribution in [2.45, 2.75) is 31.7 Å². The van der Waals surface area contributed by atoms with Crippen LogP contribution in [0.2, 0.25) is 0 Å². The Labute approximate surface area is 137 Å². The fourth-order valence-corrected chi connectivity index (χ4v) is 4.01. The van der Waals surface area contributed by atoms with E-state index in [4.69, 9.17) is 5.11 Å². The van der Waals surface area contributed by atoms with Gasteiger partial charge in [-0.25, -0.2) is 8.78 Å². The molecule has 1 spiro atoms. The van der Waals surface area contributed by atoms with Gasteiger partial charge in [0, 0.05) is 11.5 Å². The first-order valence-electron chi connectivity index (χ1n) is 7.93. The molecule has 0 bridgehead atoms. The Balaban J connectivity index is 1.58. The van der Waals surface area contributed by atoms with Crippen LogP contribution in [0.1, 0.15) is 37.3 Å².